The Bertz CT molecular complexity index is 871. The first-order chi connectivity index (χ1) is 12.4. The van der Waals surface area contributed by atoms with Crippen molar-refractivity contribution < 1.29 is 18.3 Å². The highest BCUT2D eigenvalue weighted by atomic mass is 32.2. The molecule has 140 valence electrons. The normalized spacial score (nSPS) is 16.7. The van der Waals surface area contributed by atoms with E-state index in [9.17, 15) is 13.2 Å². The van der Waals surface area contributed by atoms with E-state index in [1.165, 1.54) is 23.9 Å². The summed E-state index contributed by atoms with van der Waals surface area (Å²) in [5.74, 6) is -1.16. The highest BCUT2D eigenvalue weighted by molar-refractivity contribution is 7.89. The molecule has 2 aromatic rings. The molecule has 0 aliphatic carbocycles. The van der Waals surface area contributed by atoms with Crippen LogP contribution in [0.4, 0.5) is 0 Å². The molecule has 7 nitrogen and oxygen atoms in total. The Balaban J connectivity index is 1.79. The number of aryl methyl sites for hydroxylation is 1. The maximum absolute atomic E-state index is 12.6. The van der Waals surface area contributed by atoms with Gasteiger partial charge in [-0.3, -0.25) is 4.90 Å². The molecule has 1 aliphatic heterocycles. The predicted octanol–water partition coefficient (Wildman–Crippen LogP) is 1.84. The van der Waals surface area contributed by atoms with E-state index in [0.29, 0.717) is 0 Å². The van der Waals surface area contributed by atoms with Gasteiger partial charge in [-0.15, -0.1) is 0 Å². The molecule has 8 heteroatoms. The van der Waals surface area contributed by atoms with E-state index >= 15 is 0 Å². The maximum Gasteiger partial charge on any atom is 0.352 e. The number of hydrogen-bond donors (Lipinski definition) is 2. The van der Waals surface area contributed by atoms with Crippen molar-refractivity contribution in [2.75, 3.05) is 19.6 Å². The van der Waals surface area contributed by atoms with Gasteiger partial charge in [0.05, 0.1) is 0 Å². The highest BCUT2D eigenvalue weighted by Crippen LogP contribution is 2.25. The molecule has 1 aliphatic rings. The number of rotatable bonds is 7. The van der Waals surface area contributed by atoms with E-state index in [1.807, 2.05) is 30.3 Å². The van der Waals surface area contributed by atoms with Crippen LogP contribution in [0.5, 0.6) is 0 Å². The number of nitrogens with one attached hydrogen (secondary N) is 1. The molecule has 26 heavy (non-hydrogen) atoms. The number of hydrogen-bond acceptors (Lipinski definition) is 4. The smallest absolute Gasteiger partial charge is 0.352 e. The van der Waals surface area contributed by atoms with E-state index in [-0.39, 0.29) is 23.2 Å². The summed E-state index contributed by atoms with van der Waals surface area (Å²) in [4.78, 5) is 13.4. The molecule has 1 fully saturated rings. The summed E-state index contributed by atoms with van der Waals surface area (Å²) in [6.45, 7) is 2.12. The highest BCUT2D eigenvalue weighted by Gasteiger charge is 2.26. The van der Waals surface area contributed by atoms with E-state index in [4.69, 9.17) is 5.11 Å². The molecule has 0 spiro atoms. The van der Waals surface area contributed by atoms with Gasteiger partial charge in [0.2, 0.25) is 10.0 Å². The van der Waals surface area contributed by atoms with Gasteiger partial charge < -0.3 is 9.67 Å². The molecule has 1 aromatic carbocycles. The summed E-state index contributed by atoms with van der Waals surface area (Å²) < 4.78 is 29.2. The van der Waals surface area contributed by atoms with Crippen LogP contribution in [0.3, 0.4) is 0 Å². The molecule has 0 unspecified atom stereocenters. The lowest BCUT2D eigenvalue weighted by atomic mass is 10.1. The van der Waals surface area contributed by atoms with Crippen molar-refractivity contribution in [1.82, 2.24) is 14.2 Å². The lowest BCUT2D eigenvalue weighted by Gasteiger charge is -2.28. The van der Waals surface area contributed by atoms with E-state index < -0.39 is 16.0 Å². The first-order valence-electron chi connectivity index (χ1n) is 8.57. The van der Waals surface area contributed by atoms with Gasteiger partial charge >= 0.3 is 5.97 Å². The first kappa shape index (κ1) is 18.6. The Morgan fingerprint density at radius 1 is 1.23 bits per heavy atom. The van der Waals surface area contributed by atoms with Crippen LogP contribution in [0.15, 0.2) is 47.5 Å². The van der Waals surface area contributed by atoms with Crippen LogP contribution in [0.1, 0.15) is 34.9 Å². The number of carboxylic acids is 1. The van der Waals surface area contributed by atoms with Crippen LogP contribution in [0, 0.1) is 0 Å². The molecular formula is C18H23N3O4S. The number of likely N-dealkylation sites (tertiary alicyclic amines) is 1. The minimum Gasteiger partial charge on any atom is -0.477 e. The number of carboxylic acid groups (broad SMARTS) is 1. The van der Waals surface area contributed by atoms with Gasteiger partial charge in [0.25, 0.3) is 0 Å². The maximum atomic E-state index is 12.6. The average Bonchev–Trinajstić information content (AvgIpc) is 3.26. The van der Waals surface area contributed by atoms with Crippen molar-refractivity contribution in [3.8, 4) is 0 Å². The SMILES string of the molecule is Cn1cc(S(=O)(=O)NC[C@@H](c2ccccc2)N2CCCC2)cc1C(=O)O. The third-order valence-corrected chi connectivity index (χ3v) is 6.13. The van der Waals surface area contributed by atoms with Gasteiger partial charge in [-0.25, -0.2) is 17.9 Å². The van der Waals surface area contributed by atoms with Crippen molar-refractivity contribution in [2.24, 2.45) is 7.05 Å². The van der Waals surface area contributed by atoms with Crippen LogP contribution in [-0.4, -0.2) is 48.6 Å². The summed E-state index contributed by atoms with van der Waals surface area (Å²) in [5.41, 5.74) is 1.00. The number of benzene rings is 1. The molecule has 0 bridgehead atoms. The molecule has 1 saturated heterocycles. The molecule has 0 saturated carbocycles. The molecule has 3 rings (SSSR count). The molecule has 2 N–H and O–H groups in total. The zero-order chi connectivity index (χ0) is 18.7. The first-order valence-corrected chi connectivity index (χ1v) is 10.0. The van der Waals surface area contributed by atoms with E-state index in [1.54, 1.807) is 0 Å². The van der Waals surface area contributed by atoms with Crippen LogP contribution < -0.4 is 4.72 Å². The fraction of sp³-hybridized carbons (Fsp3) is 0.389. The number of carbonyl (C=O) groups is 1. The Labute approximate surface area is 153 Å². The van der Waals surface area contributed by atoms with Crippen molar-refractivity contribution in [1.29, 1.82) is 0 Å². The summed E-state index contributed by atoms with van der Waals surface area (Å²) in [6, 6.07) is 11.0. The van der Waals surface area contributed by atoms with E-state index in [2.05, 4.69) is 9.62 Å². The molecule has 1 aromatic heterocycles. The Morgan fingerprint density at radius 3 is 2.46 bits per heavy atom. The van der Waals surface area contributed by atoms with Crippen LogP contribution in [0.2, 0.25) is 0 Å². The van der Waals surface area contributed by atoms with Gasteiger partial charge in [-0.2, -0.15) is 0 Å². The van der Waals surface area contributed by atoms with Gasteiger partial charge in [0.15, 0.2) is 0 Å². The average molecular weight is 377 g/mol. The summed E-state index contributed by atoms with van der Waals surface area (Å²) in [5, 5.41) is 9.11. The molecular weight excluding hydrogens is 354 g/mol. The topological polar surface area (TPSA) is 91.6 Å². The molecule has 0 radical (unpaired) electrons. The van der Waals surface area contributed by atoms with Gasteiger partial charge in [0.1, 0.15) is 10.6 Å². The summed E-state index contributed by atoms with van der Waals surface area (Å²) >= 11 is 0. The minimum absolute atomic E-state index is 0.0365. The van der Waals surface area contributed by atoms with Crippen molar-refractivity contribution in [3.63, 3.8) is 0 Å². The lowest BCUT2D eigenvalue weighted by Crippen LogP contribution is -2.36. The largest absolute Gasteiger partial charge is 0.477 e. The number of sulfonamides is 1. The number of aromatic carboxylic acids is 1. The van der Waals surface area contributed by atoms with Crippen LogP contribution >= 0.6 is 0 Å². The fourth-order valence-corrected chi connectivity index (χ4v) is 4.46. The summed E-state index contributed by atoms with van der Waals surface area (Å²) in [7, 11) is -2.28. The predicted molar refractivity (Wildman–Crippen MR) is 97.6 cm³/mol. The monoisotopic (exact) mass is 377 g/mol. The zero-order valence-electron chi connectivity index (χ0n) is 14.6. The minimum atomic E-state index is -3.79. The zero-order valence-corrected chi connectivity index (χ0v) is 15.4. The Kier molecular flexibility index (Phi) is 5.45. The van der Waals surface area contributed by atoms with Crippen LogP contribution in [-0.2, 0) is 17.1 Å². The van der Waals surface area contributed by atoms with Crippen molar-refractivity contribution in [2.45, 2.75) is 23.8 Å². The molecule has 2 heterocycles. The quantitative estimate of drug-likeness (QED) is 0.768. The molecule has 1 atom stereocenters. The number of nitrogens with zero attached hydrogens (tertiary/aromatic N) is 2. The fourth-order valence-electron chi connectivity index (χ4n) is 3.35. The third kappa shape index (κ3) is 3.98. The van der Waals surface area contributed by atoms with E-state index in [0.717, 1.165) is 31.5 Å². The lowest BCUT2D eigenvalue weighted by molar-refractivity contribution is 0.0686. The van der Waals surface area contributed by atoms with Crippen molar-refractivity contribution in [3.05, 3.63) is 53.9 Å². The van der Waals surface area contributed by atoms with Crippen LogP contribution in [0.25, 0.3) is 0 Å². The third-order valence-electron chi connectivity index (χ3n) is 4.74. The Hall–Kier alpha value is -2.16. The summed E-state index contributed by atoms with van der Waals surface area (Å²) in [6.07, 6.45) is 3.53. The standard InChI is InChI=1S/C18H23N3O4S/c1-20-13-15(11-16(20)18(22)23)26(24,25)19-12-17(21-9-5-6-10-21)14-7-3-2-4-8-14/h2-4,7-8,11,13,17,19H,5-6,9-10,12H2,1H3,(H,22,23)/t17-/m0/s1. The van der Waals surface area contributed by atoms with Crippen molar-refractivity contribution >= 4 is 16.0 Å². The van der Waals surface area contributed by atoms with Gasteiger partial charge in [-0.1, -0.05) is 30.3 Å². The molecule has 0 amide bonds. The second-order valence-electron chi connectivity index (χ2n) is 6.50. The Morgan fingerprint density at radius 2 is 1.88 bits per heavy atom. The number of aromatic nitrogens is 1. The second-order valence-corrected chi connectivity index (χ2v) is 8.27. The van der Waals surface area contributed by atoms with Gasteiger partial charge in [0, 0.05) is 25.8 Å². The van der Waals surface area contributed by atoms with Gasteiger partial charge in [-0.05, 0) is 37.6 Å². The second kappa shape index (κ2) is 7.61.